The summed E-state index contributed by atoms with van der Waals surface area (Å²) in [5, 5.41) is 3.52. The maximum Gasteiger partial charge on any atom is 0.410 e. The van der Waals surface area contributed by atoms with Crippen molar-refractivity contribution in [2.45, 2.75) is 45.3 Å². The van der Waals surface area contributed by atoms with Gasteiger partial charge in [-0.3, -0.25) is 4.57 Å². The van der Waals surface area contributed by atoms with Crippen molar-refractivity contribution in [3.63, 3.8) is 0 Å². The SMILES string of the molecule is CC1(Nc2cccc(-n3cnc4ccccc43)n2)CCN(C(=O)OC(C)(C)C)C1. The van der Waals surface area contributed by atoms with Crippen molar-refractivity contribution in [1.29, 1.82) is 0 Å². The molecule has 0 bridgehead atoms. The van der Waals surface area contributed by atoms with Crippen LogP contribution in [0, 0.1) is 0 Å². The summed E-state index contributed by atoms with van der Waals surface area (Å²) in [6, 6.07) is 13.9. The second-order valence-corrected chi connectivity index (χ2v) is 8.82. The molecule has 1 saturated heterocycles. The summed E-state index contributed by atoms with van der Waals surface area (Å²) in [4.78, 5) is 23.4. The van der Waals surface area contributed by atoms with Crippen LogP contribution in [-0.4, -0.2) is 49.8 Å². The zero-order valence-electron chi connectivity index (χ0n) is 17.3. The number of nitrogens with zero attached hydrogens (tertiary/aromatic N) is 4. The quantitative estimate of drug-likeness (QED) is 0.721. The zero-order valence-corrected chi connectivity index (χ0v) is 17.3. The molecule has 1 N–H and O–H groups in total. The van der Waals surface area contributed by atoms with E-state index in [0.29, 0.717) is 13.1 Å². The highest BCUT2D eigenvalue weighted by molar-refractivity contribution is 5.76. The Hall–Kier alpha value is -3.09. The van der Waals surface area contributed by atoms with Crippen molar-refractivity contribution in [3.05, 3.63) is 48.8 Å². The molecular weight excluding hydrogens is 366 g/mol. The van der Waals surface area contributed by atoms with Gasteiger partial charge < -0.3 is 15.0 Å². The Morgan fingerprint density at radius 1 is 1.17 bits per heavy atom. The van der Waals surface area contributed by atoms with Gasteiger partial charge in [0.2, 0.25) is 0 Å². The number of likely N-dealkylation sites (tertiary alicyclic amines) is 1. The van der Waals surface area contributed by atoms with Crippen molar-refractivity contribution in [3.8, 4) is 5.82 Å². The van der Waals surface area contributed by atoms with Crippen LogP contribution in [0.2, 0.25) is 0 Å². The summed E-state index contributed by atoms with van der Waals surface area (Å²) >= 11 is 0. The molecule has 3 aromatic rings. The number of amides is 1. The lowest BCUT2D eigenvalue weighted by molar-refractivity contribution is 0.0287. The summed E-state index contributed by atoms with van der Waals surface area (Å²) in [6.07, 6.45) is 2.35. The summed E-state index contributed by atoms with van der Waals surface area (Å²) in [5.41, 5.74) is 1.19. The lowest BCUT2D eigenvalue weighted by Gasteiger charge is -2.28. The van der Waals surface area contributed by atoms with Gasteiger partial charge in [-0.15, -0.1) is 0 Å². The highest BCUT2D eigenvalue weighted by atomic mass is 16.6. The van der Waals surface area contributed by atoms with Gasteiger partial charge in [0.15, 0.2) is 0 Å². The molecule has 0 spiro atoms. The van der Waals surface area contributed by atoms with Gasteiger partial charge in [-0.05, 0) is 58.4 Å². The number of anilines is 1. The molecule has 1 amide bonds. The molecular formula is C22H27N5O2. The minimum Gasteiger partial charge on any atom is -0.444 e. The molecule has 1 aliphatic rings. The fourth-order valence-electron chi connectivity index (χ4n) is 3.62. The predicted molar refractivity (Wildman–Crippen MR) is 113 cm³/mol. The van der Waals surface area contributed by atoms with Crippen LogP contribution in [0.25, 0.3) is 16.9 Å². The number of ether oxygens (including phenoxy) is 1. The third kappa shape index (κ3) is 4.18. The van der Waals surface area contributed by atoms with Gasteiger partial charge in [0.05, 0.1) is 16.6 Å². The topological polar surface area (TPSA) is 72.3 Å². The van der Waals surface area contributed by atoms with Crippen LogP contribution in [0.5, 0.6) is 0 Å². The molecule has 0 aliphatic carbocycles. The Labute approximate surface area is 170 Å². The number of para-hydroxylation sites is 2. The molecule has 29 heavy (non-hydrogen) atoms. The molecule has 0 saturated carbocycles. The third-order valence-electron chi connectivity index (χ3n) is 4.99. The summed E-state index contributed by atoms with van der Waals surface area (Å²) < 4.78 is 7.48. The first-order chi connectivity index (χ1) is 13.7. The van der Waals surface area contributed by atoms with Gasteiger partial charge >= 0.3 is 6.09 Å². The number of pyridine rings is 1. The molecule has 1 fully saturated rings. The van der Waals surface area contributed by atoms with Gasteiger partial charge in [0.25, 0.3) is 0 Å². The van der Waals surface area contributed by atoms with Gasteiger partial charge in [0.1, 0.15) is 23.6 Å². The van der Waals surface area contributed by atoms with Crippen LogP contribution in [-0.2, 0) is 4.74 Å². The lowest BCUT2D eigenvalue weighted by Crippen LogP contribution is -2.41. The number of hydrogen-bond donors (Lipinski definition) is 1. The van der Waals surface area contributed by atoms with Crippen LogP contribution in [0.1, 0.15) is 34.1 Å². The van der Waals surface area contributed by atoms with Crippen molar-refractivity contribution in [1.82, 2.24) is 19.4 Å². The van der Waals surface area contributed by atoms with Crippen molar-refractivity contribution >= 4 is 22.9 Å². The summed E-state index contributed by atoms with van der Waals surface area (Å²) in [7, 11) is 0. The van der Waals surface area contributed by atoms with E-state index in [1.807, 2.05) is 67.8 Å². The van der Waals surface area contributed by atoms with E-state index in [9.17, 15) is 4.79 Å². The summed E-state index contributed by atoms with van der Waals surface area (Å²) in [5.74, 6) is 1.57. The monoisotopic (exact) mass is 393 g/mol. The van der Waals surface area contributed by atoms with Crippen LogP contribution in [0.3, 0.4) is 0 Å². The van der Waals surface area contributed by atoms with Gasteiger partial charge in [-0.1, -0.05) is 18.2 Å². The first-order valence-corrected chi connectivity index (χ1v) is 9.88. The fraction of sp³-hybridized carbons (Fsp3) is 0.409. The molecule has 7 nitrogen and oxygen atoms in total. The lowest BCUT2D eigenvalue weighted by atomic mass is 10.0. The number of aromatic nitrogens is 3. The molecule has 4 rings (SSSR count). The molecule has 3 heterocycles. The first-order valence-electron chi connectivity index (χ1n) is 9.88. The molecule has 0 radical (unpaired) electrons. The zero-order chi connectivity index (χ0) is 20.6. The Kier molecular flexibility index (Phi) is 4.68. The molecule has 152 valence electrons. The normalized spacial score (nSPS) is 19.5. The molecule has 1 aliphatic heterocycles. The summed E-state index contributed by atoms with van der Waals surface area (Å²) in [6.45, 7) is 8.99. The van der Waals surface area contributed by atoms with Crippen molar-refractivity contribution in [2.24, 2.45) is 0 Å². The van der Waals surface area contributed by atoms with E-state index < -0.39 is 5.60 Å². The minimum absolute atomic E-state index is 0.264. The number of imidazole rings is 1. The molecule has 1 atom stereocenters. The van der Waals surface area contributed by atoms with E-state index in [2.05, 4.69) is 17.2 Å². The first kappa shape index (κ1) is 19.2. The fourth-order valence-corrected chi connectivity index (χ4v) is 3.62. The van der Waals surface area contributed by atoms with E-state index in [1.165, 1.54) is 0 Å². The smallest absolute Gasteiger partial charge is 0.410 e. The number of carbonyl (C=O) groups is 1. The number of hydrogen-bond acceptors (Lipinski definition) is 5. The maximum absolute atomic E-state index is 12.4. The Bertz CT molecular complexity index is 1040. The number of benzene rings is 1. The van der Waals surface area contributed by atoms with Crippen molar-refractivity contribution < 1.29 is 9.53 Å². The number of carbonyl (C=O) groups excluding carboxylic acids is 1. The highest BCUT2D eigenvalue weighted by Crippen LogP contribution is 2.27. The van der Waals surface area contributed by atoms with Gasteiger partial charge in [0, 0.05) is 13.1 Å². The number of rotatable bonds is 3. The minimum atomic E-state index is -0.493. The van der Waals surface area contributed by atoms with Crippen LogP contribution in [0.4, 0.5) is 10.6 Å². The molecule has 1 aromatic carbocycles. The second-order valence-electron chi connectivity index (χ2n) is 8.82. The van der Waals surface area contributed by atoms with Crippen LogP contribution >= 0.6 is 0 Å². The van der Waals surface area contributed by atoms with E-state index >= 15 is 0 Å². The standard InChI is InChI=1S/C22H27N5O2/c1-21(2,3)29-20(28)26-13-12-22(4,14-26)25-18-10-7-11-19(24-18)27-15-23-16-8-5-6-9-17(16)27/h5-11,15H,12-14H2,1-4H3,(H,24,25). The van der Waals surface area contributed by atoms with Crippen LogP contribution < -0.4 is 5.32 Å². The van der Waals surface area contributed by atoms with Gasteiger partial charge in [-0.25, -0.2) is 14.8 Å². The Morgan fingerprint density at radius 2 is 1.97 bits per heavy atom. The van der Waals surface area contributed by atoms with Gasteiger partial charge in [-0.2, -0.15) is 0 Å². The average molecular weight is 393 g/mol. The third-order valence-corrected chi connectivity index (χ3v) is 4.99. The van der Waals surface area contributed by atoms with E-state index in [0.717, 1.165) is 29.1 Å². The largest absolute Gasteiger partial charge is 0.444 e. The molecule has 1 unspecified atom stereocenters. The average Bonchev–Trinajstić information content (AvgIpc) is 3.24. The number of nitrogens with one attached hydrogen (secondary N) is 1. The number of fused-ring (bicyclic) bond motifs is 1. The van der Waals surface area contributed by atoms with E-state index in [-0.39, 0.29) is 11.6 Å². The second kappa shape index (κ2) is 7.06. The van der Waals surface area contributed by atoms with E-state index in [4.69, 9.17) is 9.72 Å². The Morgan fingerprint density at radius 3 is 2.76 bits per heavy atom. The van der Waals surface area contributed by atoms with E-state index in [1.54, 1.807) is 11.2 Å². The Balaban J connectivity index is 1.50. The van der Waals surface area contributed by atoms with Crippen LogP contribution in [0.15, 0.2) is 48.8 Å². The highest BCUT2D eigenvalue weighted by Gasteiger charge is 2.38. The molecule has 7 heteroatoms. The predicted octanol–water partition coefficient (Wildman–Crippen LogP) is 4.23. The van der Waals surface area contributed by atoms with Crippen molar-refractivity contribution in [2.75, 3.05) is 18.4 Å². The molecule has 2 aromatic heterocycles. The maximum atomic E-state index is 12.4.